The van der Waals surface area contributed by atoms with Crippen molar-refractivity contribution in [1.82, 2.24) is 15.2 Å². The van der Waals surface area contributed by atoms with Crippen LogP contribution in [0.3, 0.4) is 0 Å². The molecule has 1 aliphatic rings. The third-order valence-corrected chi connectivity index (χ3v) is 8.60. The molecule has 0 bridgehead atoms. The van der Waals surface area contributed by atoms with Gasteiger partial charge in [0.2, 0.25) is 0 Å². The highest BCUT2D eigenvalue weighted by molar-refractivity contribution is 6.37. The van der Waals surface area contributed by atoms with E-state index in [0.29, 0.717) is 12.0 Å². The SMILES string of the molecule is C=C(C(=O)O[C@@H]([C@H](O)[C@H](O)CO)[C@@H](O)CNC)c1cc(Cl)c([C@@H]2c3[nH]c4ccccc4c3C[C@@H](C)N2CC(C)(C)F)c(Cl)c1. The third kappa shape index (κ3) is 7.13. The van der Waals surface area contributed by atoms with Crippen LogP contribution in [0.1, 0.15) is 49.2 Å². The van der Waals surface area contributed by atoms with Crippen molar-refractivity contribution < 1.29 is 34.3 Å². The number of fused-ring (bicyclic) bond motifs is 3. The maximum Gasteiger partial charge on any atom is 0.338 e. The zero-order chi connectivity index (χ0) is 32.5. The van der Waals surface area contributed by atoms with E-state index in [-0.39, 0.29) is 40.3 Å². The van der Waals surface area contributed by atoms with Crippen LogP contribution < -0.4 is 5.32 Å². The number of carbonyl (C=O) groups excluding carboxylic acids is 1. The van der Waals surface area contributed by atoms with Crippen molar-refractivity contribution >= 4 is 45.6 Å². The Balaban J connectivity index is 1.73. The molecule has 0 radical (unpaired) electrons. The summed E-state index contributed by atoms with van der Waals surface area (Å²) < 4.78 is 20.5. The van der Waals surface area contributed by atoms with Gasteiger partial charge in [0.1, 0.15) is 24.0 Å². The lowest BCUT2D eigenvalue weighted by atomic mass is 9.87. The van der Waals surface area contributed by atoms with Gasteiger partial charge in [0.15, 0.2) is 6.10 Å². The van der Waals surface area contributed by atoms with Crippen LogP contribution >= 0.6 is 23.2 Å². The van der Waals surface area contributed by atoms with Crippen molar-refractivity contribution in [3.8, 4) is 0 Å². The van der Waals surface area contributed by atoms with Crippen LogP contribution in [0.25, 0.3) is 16.5 Å². The topological polar surface area (TPSA) is 138 Å². The molecule has 1 aromatic heterocycles. The average molecular weight is 653 g/mol. The maximum atomic E-state index is 15.2. The van der Waals surface area contributed by atoms with Crippen molar-refractivity contribution in [3.05, 3.63) is 75.4 Å². The Labute approximate surface area is 266 Å². The number of likely N-dealkylation sites (N-methyl/N-ethyl adjacent to an activating group) is 1. The van der Waals surface area contributed by atoms with E-state index in [4.69, 9.17) is 27.9 Å². The summed E-state index contributed by atoms with van der Waals surface area (Å²) in [6, 6.07) is 10.4. The molecule has 240 valence electrons. The highest BCUT2D eigenvalue weighted by atomic mass is 35.5. The van der Waals surface area contributed by atoms with Crippen LogP contribution in [-0.4, -0.2) is 99.1 Å². The molecular weight excluding hydrogens is 612 g/mol. The molecule has 3 aromatic rings. The lowest BCUT2D eigenvalue weighted by molar-refractivity contribution is -0.167. The standard InChI is InChI=1S/C32H40Cl2FN3O6/c1-16-10-20-19-8-6-7-9-23(19)37-27(20)28(38(16)15-32(3,4)35)26-21(33)11-18(12-22(26)34)17(2)31(43)44-30(24(40)13-36-5)29(42)25(41)14-39/h6-9,11-12,16,24-25,28-30,36-37,39-42H,2,10,13-15H2,1,3-5H3/t16-,24+,25-,28-,29-,30-/m1/s1. The summed E-state index contributed by atoms with van der Waals surface area (Å²) in [6.07, 6.45) is -5.74. The van der Waals surface area contributed by atoms with E-state index in [1.807, 2.05) is 36.1 Å². The van der Waals surface area contributed by atoms with Crippen molar-refractivity contribution in [1.29, 1.82) is 0 Å². The van der Waals surface area contributed by atoms with E-state index in [9.17, 15) is 25.2 Å². The van der Waals surface area contributed by atoms with Gasteiger partial charge in [0.25, 0.3) is 0 Å². The average Bonchev–Trinajstić information content (AvgIpc) is 3.32. The fourth-order valence-corrected chi connectivity index (χ4v) is 6.55. The molecule has 0 aliphatic carbocycles. The van der Waals surface area contributed by atoms with Crippen molar-refractivity contribution in [2.45, 2.75) is 69.4 Å². The Morgan fingerprint density at radius 3 is 2.43 bits per heavy atom. The molecule has 2 aromatic carbocycles. The summed E-state index contributed by atoms with van der Waals surface area (Å²) in [5.74, 6) is -1.00. The number of hydrogen-bond donors (Lipinski definition) is 6. The van der Waals surface area contributed by atoms with Gasteiger partial charge >= 0.3 is 5.97 Å². The second-order valence-electron chi connectivity index (χ2n) is 12.0. The fourth-order valence-electron chi connectivity index (χ4n) is 5.86. The summed E-state index contributed by atoms with van der Waals surface area (Å²) in [4.78, 5) is 18.7. The summed E-state index contributed by atoms with van der Waals surface area (Å²) in [5.41, 5.74) is 1.98. The number of rotatable bonds is 12. The first kappa shape index (κ1) is 34.3. The minimum absolute atomic E-state index is 0.0554. The van der Waals surface area contributed by atoms with Crippen molar-refractivity contribution in [2.24, 2.45) is 0 Å². The number of alkyl halides is 1. The van der Waals surface area contributed by atoms with E-state index in [0.717, 1.165) is 22.2 Å². The number of hydrogen-bond acceptors (Lipinski definition) is 8. The van der Waals surface area contributed by atoms with E-state index in [1.54, 1.807) is 7.05 Å². The summed E-state index contributed by atoms with van der Waals surface area (Å²) in [6.45, 7) is 8.13. The van der Waals surface area contributed by atoms with Gasteiger partial charge in [-0.25, -0.2) is 9.18 Å². The van der Waals surface area contributed by atoms with E-state index in [2.05, 4.69) is 16.9 Å². The monoisotopic (exact) mass is 651 g/mol. The summed E-state index contributed by atoms with van der Waals surface area (Å²) in [5, 5.41) is 44.3. The minimum atomic E-state index is -1.78. The number of para-hydroxylation sites is 1. The molecule has 12 heteroatoms. The van der Waals surface area contributed by atoms with Gasteiger partial charge in [-0.05, 0) is 63.6 Å². The van der Waals surface area contributed by atoms with Gasteiger partial charge in [0, 0.05) is 51.3 Å². The number of aromatic amines is 1. The van der Waals surface area contributed by atoms with Crippen LogP contribution in [0.4, 0.5) is 4.39 Å². The van der Waals surface area contributed by atoms with Gasteiger partial charge in [0.05, 0.1) is 18.2 Å². The maximum absolute atomic E-state index is 15.2. The van der Waals surface area contributed by atoms with Crippen molar-refractivity contribution in [2.75, 3.05) is 26.7 Å². The molecule has 1 aliphatic heterocycles. The van der Waals surface area contributed by atoms with E-state index >= 15 is 4.39 Å². The number of halogens is 3. The largest absolute Gasteiger partial charge is 0.453 e. The highest BCUT2D eigenvalue weighted by Crippen LogP contribution is 2.46. The molecule has 44 heavy (non-hydrogen) atoms. The second kappa shape index (κ2) is 13.8. The number of aliphatic hydroxyl groups is 4. The fraction of sp³-hybridized carbons (Fsp3) is 0.469. The number of nitrogens with one attached hydrogen (secondary N) is 2. The quantitative estimate of drug-likeness (QED) is 0.129. The molecule has 0 saturated heterocycles. The lowest BCUT2D eigenvalue weighted by Gasteiger charge is -2.43. The molecule has 9 nitrogen and oxygen atoms in total. The van der Waals surface area contributed by atoms with Crippen LogP contribution in [0.15, 0.2) is 43.0 Å². The van der Waals surface area contributed by atoms with Crippen LogP contribution in [0.5, 0.6) is 0 Å². The molecule has 0 unspecified atom stereocenters. The molecule has 0 amide bonds. The zero-order valence-electron chi connectivity index (χ0n) is 25.2. The predicted molar refractivity (Wildman–Crippen MR) is 170 cm³/mol. The second-order valence-corrected chi connectivity index (χ2v) is 12.8. The van der Waals surface area contributed by atoms with Gasteiger partial charge in [-0.15, -0.1) is 0 Å². The Hall–Kier alpha value is -2.54. The number of aliphatic hydroxyl groups excluding tert-OH is 4. The Kier molecular flexibility index (Phi) is 10.8. The number of carbonyl (C=O) groups is 1. The first-order valence-electron chi connectivity index (χ1n) is 14.4. The zero-order valence-corrected chi connectivity index (χ0v) is 26.7. The van der Waals surface area contributed by atoms with E-state index < -0.39 is 48.7 Å². The number of nitrogens with zero attached hydrogens (tertiary/aromatic N) is 1. The normalized spacial score (nSPS) is 20.2. The minimum Gasteiger partial charge on any atom is -0.453 e. The first-order valence-corrected chi connectivity index (χ1v) is 15.2. The van der Waals surface area contributed by atoms with Gasteiger partial charge in [-0.2, -0.15) is 0 Å². The molecule has 0 saturated carbocycles. The first-order chi connectivity index (χ1) is 20.7. The number of aromatic nitrogens is 1. The third-order valence-electron chi connectivity index (χ3n) is 7.98. The van der Waals surface area contributed by atoms with Crippen LogP contribution in [-0.2, 0) is 16.0 Å². The van der Waals surface area contributed by atoms with Gasteiger partial charge in [-0.1, -0.05) is 48.0 Å². The number of H-pyrrole nitrogens is 1. The summed E-state index contributed by atoms with van der Waals surface area (Å²) >= 11 is 13.8. The van der Waals surface area contributed by atoms with Crippen LogP contribution in [0.2, 0.25) is 10.0 Å². The Bertz CT molecular complexity index is 1490. The predicted octanol–water partition coefficient (Wildman–Crippen LogP) is 3.78. The molecule has 2 heterocycles. The van der Waals surface area contributed by atoms with E-state index in [1.165, 1.54) is 26.0 Å². The molecule has 6 atom stereocenters. The smallest absolute Gasteiger partial charge is 0.338 e. The summed E-state index contributed by atoms with van der Waals surface area (Å²) in [7, 11) is 1.54. The molecule has 0 spiro atoms. The van der Waals surface area contributed by atoms with Gasteiger partial charge in [-0.3, -0.25) is 4.90 Å². The lowest BCUT2D eigenvalue weighted by Crippen LogP contribution is -2.51. The number of benzene rings is 2. The molecule has 0 fully saturated rings. The molecule has 6 N–H and O–H groups in total. The Morgan fingerprint density at radius 1 is 1.20 bits per heavy atom. The molecular formula is C32H40Cl2FN3O6. The number of esters is 1. The Morgan fingerprint density at radius 2 is 1.84 bits per heavy atom. The number of ether oxygens (including phenoxy) is 1. The van der Waals surface area contributed by atoms with Crippen LogP contribution in [0, 0.1) is 0 Å². The molecule has 4 rings (SSSR count). The van der Waals surface area contributed by atoms with Gasteiger partial charge < -0.3 is 35.5 Å². The highest BCUT2D eigenvalue weighted by Gasteiger charge is 2.41. The van der Waals surface area contributed by atoms with Crippen molar-refractivity contribution in [3.63, 3.8) is 0 Å².